The molecular weight excluding hydrogens is 284 g/mol. The molecule has 0 atom stereocenters. The van der Waals surface area contributed by atoms with Gasteiger partial charge in [-0.25, -0.2) is 4.79 Å². The molecule has 0 unspecified atom stereocenters. The van der Waals surface area contributed by atoms with Gasteiger partial charge in [-0.15, -0.1) is 0 Å². The molecule has 0 spiro atoms. The van der Waals surface area contributed by atoms with Gasteiger partial charge in [0.2, 0.25) is 5.78 Å². The highest BCUT2D eigenvalue weighted by atomic mass is 16.4. The summed E-state index contributed by atoms with van der Waals surface area (Å²) in [7, 11) is 0. The van der Waals surface area contributed by atoms with E-state index in [-0.39, 0.29) is 22.7 Å². The van der Waals surface area contributed by atoms with Gasteiger partial charge in [0.05, 0.1) is 0 Å². The third kappa shape index (κ3) is 1.13. The topological polar surface area (TPSA) is 77.5 Å². The second kappa shape index (κ2) is 3.51. The molecule has 5 heteroatoms. The summed E-state index contributed by atoms with van der Waals surface area (Å²) in [5.74, 6) is -0.327. The van der Waals surface area contributed by atoms with Gasteiger partial charge in [0.25, 0.3) is 0 Å². The maximum Gasteiger partial charge on any atom is 0.346 e. The minimum atomic E-state index is -0.541. The van der Waals surface area contributed by atoms with Crippen molar-refractivity contribution in [2.24, 2.45) is 0 Å². The molecule has 0 saturated heterocycles. The highest BCUT2D eigenvalue weighted by molar-refractivity contribution is 6.28. The molecule has 0 aliphatic heterocycles. The van der Waals surface area contributed by atoms with Crippen molar-refractivity contribution in [3.8, 4) is 11.1 Å². The molecule has 22 heavy (non-hydrogen) atoms. The molecule has 3 aromatic rings. The Labute approximate surface area is 122 Å². The molecule has 0 bridgehead atoms. The zero-order valence-corrected chi connectivity index (χ0v) is 11.0. The standard InChI is InChI=1S/C17H6O5/c18-12-4-3-8-7(12)1-2-9-10-5-22-17(20)11-6-21-16(14(10)11)15(19)13(8)9/h1-6H. The number of carbonyl (C=O) groups excluding carboxylic acids is 2. The van der Waals surface area contributed by atoms with Crippen LogP contribution < -0.4 is 5.63 Å². The first-order valence-corrected chi connectivity index (χ1v) is 6.64. The molecule has 2 aliphatic carbocycles. The van der Waals surface area contributed by atoms with Crippen molar-refractivity contribution in [3.05, 3.63) is 63.6 Å². The number of hydrogen-bond acceptors (Lipinski definition) is 5. The van der Waals surface area contributed by atoms with Crippen LogP contribution in [0.5, 0.6) is 0 Å². The van der Waals surface area contributed by atoms with Gasteiger partial charge in [-0.1, -0.05) is 6.07 Å². The van der Waals surface area contributed by atoms with Crippen molar-refractivity contribution in [2.75, 3.05) is 0 Å². The second-order valence-corrected chi connectivity index (χ2v) is 5.27. The molecule has 0 radical (unpaired) electrons. The smallest absolute Gasteiger partial charge is 0.346 e. The predicted molar refractivity (Wildman–Crippen MR) is 77.0 cm³/mol. The number of hydrogen-bond donors (Lipinski definition) is 0. The maximum absolute atomic E-state index is 12.8. The number of furan rings is 1. The lowest BCUT2D eigenvalue weighted by Gasteiger charge is -2.17. The first kappa shape index (κ1) is 11.4. The van der Waals surface area contributed by atoms with Crippen LogP contribution in [0.25, 0.3) is 28.0 Å². The van der Waals surface area contributed by atoms with Crippen molar-refractivity contribution in [2.45, 2.75) is 0 Å². The first-order valence-electron chi connectivity index (χ1n) is 6.64. The number of ketones is 2. The van der Waals surface area contributed by atoms with Crippen molar-refractivity contribution in [1.29, 1.82) is 0 Å². The van der Waals surface area contributed by atoms with Crippen LogP contribution in [-0.4, -0.2) is 11.6 Å². The van der Waals surface area contributed by atoms with Gasteiger partial charge in [-0.2, -0.15) is 0 Å². The van der Waals surface area contributed by atoms with E-state index in [1.807, 2.05) is 0 Å². The largest absolute Gasteiger partial charge is 0.459 e. The molecule has 0 N–H and O–H groups in total. The zero-order valence-electron chi connectivity index (χ0n) is 11.0. The number of carbonyl (C=O) groups is 2. The molecule has 5 rings (SSSR count). The summed E-state index contributed by atoms with van der Waals surface area (Å²) in [6, 6.07) is 3.40. The van der Waals surface area contributed by atoms with E-state index in [1.165, 1.54) is 18.6 Å². The Morgan fingerprint density at radius 1 is 0.818 bits per heavy atom. The van der Waals surface area contributed by atoms with Crippen molar-refractivity contribution in [3.63, 3.8) is 0 Å². The minimum absolute atomic E-state index is 0.117. The average Bonchev–Trinajstić information content (AvgIpc) is 3.11. The summed E-state index contributed by atoms with van der Waals surface area (Å²) in [6.07, 6.45) is 5.65. The SMILES string of the molecule is O=C1C=Cc2c1ccc1c2C(=O)c2occ3c(=O)occ-1c23. The van der Waals surface area contributed by atoms with Gasteiger partial charge in [-0.05, 0) is 29.3 Å². The monoisotopic (exact) mass is 290 g/mol. The second-order valence-electron chi connectivity index (χ2n) is 5.27. The summed E-state index contributed by atoms with van der Waals surface area (Å²) in [6.45, 7) is 0. The molecule has 0 fully saturated rings. The lowest BCUT2D eigenvalue weighted by atomic mass is 9.84. The molecule has 5 nitrogen and oxygen atoms in total. The highest BCUT2D eigenvalue weighted by Crippen LogP contribution is 2.42. The van der Waals surface area contributed by atoms with Crippen LogP contribution in [0, 0.1) is 0 Å². The fourth-order valence-electron chi connectivity index (χ4n) is 3.21. The molecule has 0 saturated carbocycles. The Morgan fingerprint density at radius 2 is 1.64 bits per heavy atom. The number of allylic oxidation sites excluding steroid dienone is 1. The van der Waals surface area contributed by atoms with Crippen LogP contribution in [0.1, 0.15) is 32.0 Å². The van der Waals surface area contributed by atoms with Gasteiger partial charge < -0.3 is 8.83 Å². The van der Waals surface area contributed by atoms with E-state index < -0.39 is 5.63 Å². The third-order valence-electron chi connectivity index (χ3n) is 4.20. The van der Waals surface area contributed by atoms with Crippen LogP contribution in [0.4, 0.5) is 0 Å². The number of fused-ring (bicyclic) bond motifs is 4. The first-order chi connectivity index (χ1) is 10.7. The molecule has 2 heterocycles. The maximum atomic E-state index is 12.8. The van der Waals surface area contributed by atoms with Gasteiger partial charge in [-0.3, -0.25) is 9.59 Å². The lowest BCUT2D eigenvalue weighted by Crippen LogP contribution is -2.12. The Bertz CT molecular complexity index is 1120. The van der Waals surface area contributed by atoms with Crippen LogP contribution in [0.2, 0.25) is 0 Å². The summed E-state index contributed by atoms with van der Waals surface area (Å²) >= 11 is 0. The summed E-state index contributed by atoms with van der Waals surface area (Å²) in [5.41, 5.74) is 2.23. The quantitative estimate of drug-likeness (QED) is 0.497. The van der Waals surface area contributed by atoms with Crippen molar-refractivity contribution >= 4 is 28.4 Å². The fraction of sp³-hybridized carbons (Fsp3) is 0. The van der Waals surface area contributed by atoms with Crippen molar-refractivity contribution < 1.29 is 18.4 Å². The van der Waals surface area contributed by atoms with E-state index in [0.717, 1.165) is 0 Å². The average molecular weight is 290 g/mol. The van der Waals surface area contributed by atoms with Crippen LogP contribution in [0.15, 0.2) is 44.4 Å². The normalized spacial score (nSPS) is 14.5. The Kier molecular flexibility index (Phi) is 1.83. The van der Waals surface area contributed by atoms with Gasteiger partial charge in [0.15, 0.2) is 11.5 Å². The lowest BCUT2D eigenvalue weighted by molar-refractivity contribution is 0.101. The molecule has 104 valence electrons. The molecule has 1 aromatic carbocycles. The summed E-state index contributed by atoms with van der Waals surface area (Å²) in [5, 5.41) is 0.723. The van der Waals surface area contributed by atoms with E-state index in [0.29, 0.717) is 33.2 Å². The molecule has 0 amide bonds. The minimum Gasteiger partial charge on any atom is -0.459 e. The van der Waals surface area contributed by atoms with E-state index in [2.05, 4.69) is 0 Å². The van der Waals surface area contributed by atoms with Gasteiger partial charge in [0, 0.05) is 22.1 Å². The Hall–Kier alpha value is -3.21. The van der Waals surface area contributed by atoms with Crippen molar-refractivity contribution in [1.82, 2.24) is 0 Å². The van der Waals surface area contributed by atoms with E-state index >= 15 is 0 Å². The van der Waals surface area contributed by atoms with Crippen LogP contribution in [0.3, 0.4) is 0 Å². The summed E-state index contributed by atoms with van der Waals surface area (Å²) < 4.78 is 10.3. The number of benzene rings is 1. The molecule has 2 aliphatic rings. The van der Waals surface area contributed by atoms with E-state index in [4.69, 9.17) is 8.83 Å². The third-order valence-corrected chi connectivity index (χ3v) is 4.20. The molecule has 2 aromatic heterocycles. The van der Waals surface area contributed by atoms with E-state index in [1.54, 1.807) is 18.2 Å². The number of rotatable bonds is 0. The summed E-state index contributed by atoms with van der Waals surface area (Å²) in [4.78, 5) is 36.3. The Balaban J connectivity index is 2.00. The van der Waals surface area contributed by atoms with Crippen LogP contribution in [-0.2, 0) is 0 Å². The molecular formula is C17H6O5. The van der Waals surface area contributed by atoms with Gasteiger partial charge in [0.1, 0.15) is 17.9 Å². The van der Waals surface area contributed by atoms with Gasteiger partial charge >= 0.3 is 5.63 Å². The highest BCUT2D eigenvalue weighted by Gasteiger charge is 2.34. The fourth-order valence-corrected chi connectivity index (χ4v) is 3.21. The zero-order chi connectivity index (χ0) is 15.0. The van der Waals surface area contributed by atoms with E-state index in [9.17, 15) is 14.4 Å². The van der Waals surface area contributed by atoms with Crippen LogP contribution >= 0.6 is 0 Å². The predicted octanol–water partition coefficient (Wildman–Crippen LogP) is 2.81. The Morgan fingerprint density at radius 3 is 2.50 bits per heavy atom.